The second kappa shape index (κ2) is 5.17. The molecule has 0 aliphatic rings. The molecule has 0 aliphatic heterocycles. The van der Waals surface area contributed by atoms with E-state index in [1.54, 1.807) is 0 Å². The minimum atomic E-state index is -4.50. The van der Waals surface area contributed by atoms with E-state index in [9.17, 15) is 26.3 Å². The van der Waals surface area contributed by atoms with E-state index in [-0.39, 0.29) is 12.1 Å². The molecular weight excluding hydrogens is 260 g/mol. The summed E-state index contributed by atoms with van der Waals surface area (Å²) in [4.78, 5) is 0. The lowest BCUT2D eigenvalue weighted by molar-refractivity contribution is -0.139. The van der Waals surface area contributed by atoms with Crippen molar-refractivity contribution in [2.75, 3.05) is 6.54 Å². The second-order valence-electron chi connectivity index (χ2n) is 3.87. The molecule has 0 fully saturated rings. The van der Waals surface area contributed by atoms with Crippen LogP contribution in [0.2, 0.25) is 0 Å². The van der Waals surface area contributed by atoms with Crippen molar-refractivity contribution in [3.05, 3.63) is 35.4 Å². The van der Waals surface area contributed by atoms with E-state index in [4.69, 9.17) is 5.73 Å². The smallest absolute Gasteiger partial charge is 0.330 e. The molecule has 0 bridgehead atoms. The molecule has 0 radical (unpaired) electrons. The van der Waals surface area contributed by atoms with Gasteiger partial charge < -0.3 is 5.73 Å². The highest BCUT2D eigenvalue weighted by Crippen LogP contribution is 2.33. The van der Waals surface area contributed by atoms with Crippen LogP contribution in [0, 0.1) is 0 Å². The molecule has 0 saturated carbocycles. The predicted octanol–water partition coefficient (Wildman–Crippen LogP) is 3.70. The summed E-state index contributed by atoms with van der Waals surface area (Å²) in [6, 6.07) is 3.58. The summed E-state index contributed by atoms with van der Waals surface area (Å²) in [6.45, 7) is -0.273. The van der Waals surface area contributed by atoms with Crippen LogP contribution in [0.25, 0.3) is 0 Å². The van der Waals surface area contributed by atoms with Crippen molar-refractivity contribution in [2.24, 2.45) is 5.73 Å². The zero-order valence-electron chi connectivity index (χ0n) is 9.15. The van der Waals surface area contributed by atoms with Crippen LogP contribution in [0.5, 0.6) is 0 Å². The van der Waals surface area contributed by atoms with Gasteiger partial charge in [0.25, 0.3) is 0 Å². The molecule has 0 saturated heterocycles. The molecule has 1 rings (SSSR count). The van der Waals surface area contributed by atoms with Gasteiger partial charge in [-0.2, -0.15) is 26.3 Å². The summed E-state index contributed by atoms with van der Waals surface area (Å²) in [5, 5.41) is 0. The quantitative estimate of drug-likeness (QED) is 0.833. The van der Waals surface area contributed by atoms with Crippen molar-refractivity contribution in [3.63, 3.8) is 0 Å². The molecular formula is C11H11F6N. The summed E-state index contributed by atoms with van der Waals surface area (Å²) >= 11 is 0. The predicted molar refractivity (Wildman–Crippen MR) is 53.9 cm³/mol. The molecule has 0 aromatic heterocycles. The van der Waals surface area contributed by atoms with Gasteiger partial charge in [-0.1, -0.05) is 12.1 Å². The molecule has 1 atom stereocenters. The lowest BCUT2D eigenvalue weighted by Crippen LogP contribution is -2.20. The largest absolute Gasteiger partial charge is 0.416 e. The van der Waals surface area contributed by atoms with Crippen LogP contribution in [0.15, 0.2) is 24.3 Å². The fourth-order valence-corrected chi connectivity index (χ4v) is 1.56. The summed E-state index contributed by atoms with van der Waals surface area (Å²) in [6.07, 6.45) is -10.0. The number of hydrogen-bond acceptors (Lipinski definition) is 1. The van der Waals surface area contributed by atoms with Crippen LogP contribution in [0.1, 0.15) is 23.5 Å². The molecule has 1 aromatic rings. The zero-order valence-corrected chi connectivity index (χ0v) is 9.15. The Kier molecular flexibility index (Phi) is 4.26. The van der Waals surface area contributed by atoms with E-state index in [1.165, 1.54) is 0 Å². The summed E-state index contributed by atoms with van der Waals surface area (Å²) < 4.78 is 73.4. The Labute approximate surface area is 99.6 Å². The topological polar surface area (TPSA) is 26.0 Å². The van der Waals surface area contributed by atoms with Gasteiger partial charge in [0.05, 0.1) is 12.0 Å². The van der Waals surface area contributed by atoms with Crippen LogP contribution in [0.3, 0.4) is 0 Å². The fourth-order valence-electron chi connectivity index (χ4n) is 1.56. The Hall–Kier alpha value is -1.24. The first-order valence-corrected chi connectivity index (χ1v) is 5.07. The van der Waals surface area contributed by atoms with E-state index in [0.717, 1.165) is 24.3 Å². The highest BCUT2D eigenvalue weighted by molar-refractivity contribution is 5.27. The lowest BCUT2D eigenvalue weighted by atomic mass is 9.94. The molecule has 0 spiro atoms. The summed E-state index contributed by atoms with van der Waals surface area (Å²) in [5.41, 5.74) is 4.47. The van der Waals surface area contributed by atoms with Crippen LogP contribution in [-0.2, 0) is 6.18 Å². The summed E-state index contributed by atoms with van der Waals surface area (Å²) in [7, 11) is 0. The number of benzene rings is 1. The van der Waals surface area contributed by atoms with Gasteiger partial charge in [-0.25, -0.2) is 0 Å². The highest BCUT2D eigenvalue weighted by atomic mass is 19.4. The summed E-state index contributed by atoms with van der Waals surface area (Å²) in [5.74, 6) is -1.02. The van der Waals surface area contributed by atoms with E-state index in [0.29, 0.717) is 0 Å². The van der Waals surface area contributed by atoms with Gasteiger partial charge >= 0.3 is 12.4 Å². The number of hydrogen-bond donors (Lipinski definition) is 1. The monoisotopic (exact) mass is 271 g/mol. The van der Waals surface area contributed by atoms with Crippen molar-refractivity contribution in [2.45, 2.75) is 24.7 Å². The lowest BCUT2D eigenvalue weighted by Gasteiger charge is -2.17. The van der Waals surface area contributed by atoms with Crippen molar-refractivity contribution in [1.29, 1.82) is 0 Å². The normalized spacial score (nSPS) is 14.6. The third kappa shape index (κ3) is 4.21. The van der Waals surface area contributed by atoms with Crippen molar-refractivity contribution >= 4 is 0 Å². The van der Waals surface area contributed by atoms with Gasteiger partial charge in [0, 0.05) is 5.92 Å². The third-order valence-electron chi connectivity index (χ3n) is 2.47. The molecule has 1 nitrogen and oxygen atoms in total. The Morgan fingerprint density at radius 2 is 1.44 bits per heavy atom. The molecule has 1 aromatic carbocycles. The van der Waals surface area contributed by atoms with Crippen molar-refractivity contribution in [3.8, 4) is 0 Å². The molecule has 0 heterocycles. The van der Waals surface area contributed by atoms with Crippen molar-refractivity contribution < 1.29 is 26.3 Å². The van der Waals surface area contributed by atoms with Crippen LogP contribution >= 0.6 is 0 Å². The highest BCUT2D eigenvalue weighted by Gasteiger charge is 2.33. The first-order valence-electron chi connectivity index (χ1n) is 5.07. The number of alkyl halides is 6. The minimum absolute atomic E-state index is 0.155. The molecule has 7 heteroatoms. The van der Waals surface area contributed by atoms with Gasteiger partial charge in [0.15, 0.2) is 0 Å². The average molecular weight is 271 g/mol. The molecule has 0 aliphatic carbocycles. The van der Waals surface area contributed by atoms with Crippen LogP contribution in [0.4, 0.5) is 26.3 Å². The van der Waals surface area contributed by atoms with Crippen LogP contribution < -0.4 is 5.73 Å². The van der Waals surface area contributed by atoms with E-state index in [1.807, 2.05) is 0 Å². The second-order valence-corrected chi connectivity index (χ2v) is 3.87. The zero-order chi connectivity index (χ0) is 14.0. The standard InChI is InChI=1S/C11H11F6N/c12-10(13,14)5-8(6-18)7-1-3-9(4-2-7)11(15,16)17/h1-4,8H,5-6,18H2. The molecule has 1 unspecified atom stereocenters. The Morgan fingerprint density at radius 3 is 1.78 bits per heavy atom. The Morgan fingerprint density at radius 1 is 0.944 bits per heavy atom. The Balaban J connectivity index is 2.89. The SMILES string of the molecule is NCC(CC(F)(F)F)c1ccc(C(F)(F)F)cc1. The van der Waals surface area contributed by atoms with Gasteiger partial charge in [-0.05, 0) is 24.2 Å². The van der Waals surface area contributed by atoms with Crippen molar-refractivity contribution in [1.82, 2.24) is 0 Å². The van der Waals surface area contributed by atoms with Gasteiger partial charge in [-0.3, -0.25) is 0 Å². The fraction of sp³-hybridized carbons (Fsp3) is 0.455. The third-order valence-corrected chi connectivity index (χ3v) is 2.47. The van der Waals surface area contributed by atoms with E-state index >= 15 is 0 Å². The van der Waals surface area contributed by atoms with Gasteiger partial charge in [0.1, 0.15) is 0 Å². The molecule has 0 amide bonds. The van der Waals surface area contributed by atoms with E-state index in [2.05, 4.69) is 0 Å². The molecule has 2 N–H and O–H groups in total. The van der Waals surface area contributed by atoms with Gasteiger partial charge in [0.2, 0.25) is 0 Å². The van der Waals surface area contributed by atoms with E-state index < -0.39 is 30.3 Å². The number of halogens is 6. The first kappa shape index (κ1) is 14.8. The number of rotatable bonds is 3. The molecule has 102 valence electrons. The van der Waals surface area contributed by atoms with Gasteiger partial charge in [-0.15, -0.1) is 0 Å². The Bertz CT molecular complexity index is 378. The maximum absolute atomic E-state index is 12.3. The molecule has 18 heavy (non-hydrogen) atoms. The first-order chi connectivity index (χ1) is 8.13. The maximum Gasteiger partial charge on any atom is 0.416 e. The maximum atomic E-state index is 12.3. The van der Waals surface area contributed by atoms with Crippen LogP contribution in [-0.4, -0.2) is 12.7 Å². The minimum Gasteiger partial charge on any atom is -0.330 e. The average Bonchev–Trinajstić information content (AvgIpc) is 2.24. The number of nitrogens with two attached hydrogens (primary N) is 1.